The number of carbonyl (C=O) groups is 1. The maximum Gasteiger partial charge on any atom is 0.336 e. The fraction of sp³-hybridized carbons (Fsp3) is 0.429. The molecule has 1 aliphatic rings. The Kier molecular flexibility index (Phi) is 4.08. The SMILES string of the molecule is O=C(O)C1(Cc2cn(Cc3ccc(Cl)cn3)nn2)CCCO1. The fourth-order valence-corrected chi connectivity index (χ4v) is 2.65. The Morgan fingerprint density at radius 3 is 2.95 bits per heavy atom. The summed E-state index contributed by atoms with van der Waals surface area (Å²) < 4.78 is 7.06. The molecule has 0 radical (unpaired) electrons. The molecule has 3 rings (SSSR count). The number of hydrogen-bond acceptors (Lipinski definition) is 5. The zero-order valence-electron chi connectivity index (χ0n) is 11.8. The molecule has 22 heavy (non-hydrogen) atoms. The Hall–Kier alpha value is -1.99. The Bertz CT molecular complexity index is 665. The molecule has 1 atom stereocenters. The molecule has 0 saturated carbocycles. The van der Waals surface area contributed by atoms with E-state index in [0.29, 0.717) is 30.3 Å². The van der Waals surface area contributed by atoms with Crippen LogP contribution in [0.1, 0.15) is 24.2 Å². The van der Waals surface area contributed by atoms with Gasteiger partial charge in [0.2, 0.25) is 0 Å². The molecule has 7 nitrogen and oxygen atoms in total. The third kappa shape index (κ3) is 3.10. The summed E-state index contributed by atoms with van der Waals surface area (Å²) >= 11 is 5.79. The minimum Gasteiger partial charge on any atom is -0.479 e. The van der Waals surface area contributed by atoms with E-state index in [0.717, 1.165) is 12.1 Å². The lowest BCUT2D eigenvalue weighted by molar-refractivity contribution is -0.160. The van der Waals surface area contributed by atoms with E-state index in [1.165, 1.54) is 0 Å². The van der Waals surface area contributed by atoms with Crippen molar-refractivity contribution in [3.05, 3.63) is 40.9 Å². The third-order valence-electron chi connectivity index (χ3n) is 3.66. The topological polar surface area (TPSA) is 90.1 Å². The molecule has 0 amide bonds. The summed E-state index contributed by atoms with van der Waals surface area (Å²) in [7, 11) is 0. The van der Waals surface area contributed by atoms with Gasteiger partial charge >= 0.3 is 5.97 Å². The third-order valence-corrected chi connectivity index (χ3v) is 3.88. The first-order chi connectivity index (χ1) is 10.6. The van der Waals surface area contributed by atoms with Gasteiger partial charge in [0, 0.05) is 25.4 Å². The van der Waals surface area contributed by atoms with Crippen molar-refractivity contribution >= 4 is 17.6 Å². The average Bonchev–Trinajstić information content (AvgIpc) is 3.12. The minimum atomic E-state index is -1.17. The van der Waals surface area contributed by atoms with Crippen LogP contribution in [0, 0.1) is 0 Å². The van der Waals surface area contributed by atoms with Crippen LogP contribution in [-0.4, -0.2) is 43.3 Å². The number of aromatic nitrogens is 4. The number of nitrogens with zero attached hydrogens (tertiary/aromatic N) is 4. The molecule has 1 saturated heterocycles. The quantitative estimate of drug-likeness (QED) is 0.898. The summed E-state index contributed by atoms with van der Waals surface area (Å²) in [6, 6.07) is 3.57. The molecule has 0 bridgehead atoms. The minimum absolute atomic E-state index is 0.219. The van der Waals surface area contributed by atoms with Crippen LogP contribution in [0.3, 0.4) is 0 Å². The number of carboxylic acids is 1. The van der Waals surface area contributed by atoms with Crippen molar-refractivity contribution in [1.82, 2.24) is 20.0 Å². The number of halogens is 1. The van der Waals surface area contributed by atoms with Crippen LogP contribution < -0.4 is 0 Å². The number of hydrogen-bond donors (Lipinski definition) is 1. The van der Waals surface area contributed by atoms with Gasteiger partial charge in [-0.05, 0) is 25.0 Å². The van der Waals surface area contributed by atoms with Crippen molar-refractivity contribution in [1.29, 1.82) is 0 Å². The lowest BCUT2D eigenvalue weighted by atomic mass is 9.95. The first kappa shape index (κ1) is 14.9. The van der Waals surface area contributed by atoms with E-state index in [9.17, 15) is 9.90 Å². The van der Waals surface area contributed by atoms with Crippen molar-refractivity contribution in [2.75, 3.05) is 6.61 Å². The zero-order chi connectivity index (χ0) is 15.6. The van der Waals surface area contributed by atoms with E-state index < -0.39 is 11.6 Å². The van der Waals surface area contributed by atoms with Crippen LogP contribution in [0.5, 0.6) is 0 Å². The molecule has 1 fully saturated rings. The van der Waals surface area contributed by atoms with Gasteiger partial charge in [0.15, 0.2) is 5.60 Å². The molecule has 3 heterocycles. The van der Waals surface area contributed by atoms with Gasteiger partial charge in [-0.1, -0.05) is 16.8 Å². The Balaban J connectivity index is 1.71. The molecule has 2 aromatic heterocycles. The number of ether oxygens (including phenoxy) is 1. The summed E-state index contributed by atoms with van der Waals surface area (Å²) in [6.07, 6.45) is 4.75. The zero-order valence-corrected chi connectivity index (χ0v) is 12.5. The second-order valence-corrected chi connectivity index (χ2v) is 5.74. The molecule has 116 valence electrons. The van der Waals surface area contributed by atoms with Gasteiger partial charge in [-0.2, -0.15) is 0 Å². The summed E-state index contributed by atoms with van der Waals surface area (Å²) in [5.41, 5.74) is 0.225. The highest BCUT2D eigenvalue weighted by atomic mass is 35.5. The standard InChI is InChI=1S/C14H15ClN4O3/c15-10-2-3-11(16-7-10)8-19-9-12(17-18-19)6-14(13(20)21)4-1-5-22-14/h2-3,7,9H,1,4-6,8H2,(H,20,21). The largest absolute Gasteiger partial charge is 0.479 e. The number of rotatable bonds is 5. The Morgan fingerprint density at radius 1 is 1.45 bits per heavy atom. The molecule has 1 aliphatic heterocycles. The molecule has 8 heteroatoms. The van der Waals surface area contributed by atoms with E-state index in [2.05, 4.69) is 15.3 Å². The molecular formula is C14H15ClN4O3. The van der Waals surface area contributed by atoms with Gasteiger partial charge in [0.1, 0.15) is 0 Å². The predicted molar refractivity (Wildman–Crippen MR) is 77.6 cm³/mol. The maximum absolute atomic E-state index is 11.5. The van der Waals surface area contributed by atoms with Gasteiger partial charge in [-0.25, -0.2) is 9.48 Å². The molecule has 1 N–H and O–H groups in total. The van der Waals surface area contributed by atoms with Crippen molar-refractivity contribution in [3.63, 3.8) is 0 Å². The summed E-state index contributed by atoms with van der Waals surface area (Å²) in [6.45, 7) is 0.917. The molecule has 0 aromatic carbocycles. The summed E-state index contributed by atoms with van der Waals surface area (Å²) in [4.78, 5) is 15.6. The van der Waals surface area contributed by atoms with Crippen molar-refractivity contribution in [2.24, 2.45) is 0 Å². The van der Waals surface area contributed by atoms with Crippen LogP contribution in [0.25, 0.3) is 0 Å². The van der Waals surface area contributed by atoms with Gasteiger partial charge in [-0.3, -0.25) is 4.98 Å². The monoisotopic (exact) mass is 322 g/mol. The molecule has 1 unspecified atom stereocenters. The summed E-state index contributed by atoms with van der Waals surface area (Å²) in [5, 5.41) is 18.0. The van der Waals surface area contributed by atoms with Gasteiger partial charge < -0.3 is 9.84 Å². The predicted octanol–water partition coefficient (Wildman–Crippen LogP) is 1.55. The van der Waals surface area contributed by atoms with Crippen LogP contribution in [-0.2, 0) is 22.5 Å². The smallest absolute Gasteiger partial charge is 0.336 e. The molecule has 0 aliphatic carbocycles. The second kappa shape index (κ2) is 6.02. The van der Waals surface area contributed by atoms with E-state index >= 15 is 0 Å². The highest BCUT2D eigenvalue weighted by Crippen LogP contribution is 2.29. The van der Waals surface area contributed by atoms with E-state index in [1.54, 1.807) is 23.1 Å². The lowest BCUT2D eigenvalue weighted by Gasteiger charge is -2.21. The van der Waals surface area contributed by atoms with Gasteiger partial charge in [0.25, 0.3) is 0 Å². The van der Waals surface area contributed by atoms with Gasteiger partial charge in [0.05, 0.1) is 23.0 Å². The lowest BCUT2D eigenvalue weighted by Crippen LogP contribution is -2.40. The summed E-state index contributed by atoms with van der Waals surface area (Å²) in [5.74, 6) is -0.945. The first-order valence-corrected chi connectivity index (χ1v) is 7.32. The number of aliphatic carboxylic acids is 1. The van der Waals surface area contributed by atoms with Crippen molar-refractivity contribution in [3.8, 4) is 0 Å². The van der Waals surface area contributed by atoms with Crippen molar-refractivity contribution in [2.45, 2.75) is 31.4 Å². The van der Waals surface area contributed by atoms with E-state index in [1.807, 2.05) is 6.07 Å². The van der Waals surface area contributed by atoms with Crippen LogP contribution in [0.15, 0.2) is 24.5 Å². The normalized spacial score (nSPS) is 21.1. The van der Waals surface area contributed by atoms with Crippen LogP contribution >= 0.6 is 11.6 Å². The first-order valence-electron chi connectivity index (χ1n) is 6.94. The van der Waals surface area contributed by atoms with Crippen molar-refractivity contribution < 1.29 is 14.6 Å². The van der Waals surface area contributed by atoms with E-state index in [-0.39, 0.29) is 6.42 Å². The maximum atomic E-state index is 11.5. The molecular weight excluding hydrogens is 308 g/mol. The second-order valence-electron chi connectivity index (χ2n) is 5.30. The molecule has 2 aromatic rings. The fourth-order valence-electron chi connectivity index (χ4n) is 2.54. The highest BCUT2D eigenvalue weighted by Gasteiger charge is 2.43. The Morgan fingerprint density at radius 2 is 2.32 bits per heavy atom. The average molecular weight is 323 g/mol. The number of pyridine rings is 1. The van der Waals surface area contributed by atoms with Crippen LogP contribution in [0.4, 0.5) is 0 Å². The Labute approximate surface area is 131 Å². The van der Waals surface area contributed by atoms with Crippen LogP contribution in [0.2, 0.25) is 5.02 Å². The number of carboxylic acid groups (broad SMARTS) is 1. The van der Waals surface area contributed by atoms with Gasteiger partial charge in [-0.15, -0.1) is 5.10 Å². The molecule has 0 spiro atoms. The van der Waals surface area contributed by atoms with E-state index in [4.69, 9.17) is 16.3 Å². The highest BCUT2D eigenvalue weighted by molar-refractivity contribution is 6.30.